The second-order valence-electron chi connectivity index (χ2n) is 3.70. The Morgan fingerprint density at radius 3 is 2.71 bits per heavy atom. The lowest BCUT2D eigenvalue weighted by molar-refractivity contribution is 0.665. The molecule has 0 aliphatic carbocycles. The Balaban J connectivity index is 2.96. The van der Waals surface area contributed by atoms with E-state index < -0.39 is 0 Å². The van der Waals surface area contributed by atoms with Crippen molar-refractivity contribution in [3.8, 4) is 0 Å². The van der Waals surface area contributed by atoms with Gasteiger partial charge in [-0.25, -0.2) is 14.4 Å². The van der Waals surface area contributed by atoms with E-state index in [1.807, 2.05) is 19.9 Å². The topological polar surface area (TPSA) is 25.8 Å². The average molecular weight is 232 g/mol. The predicted octanol–water partition coefficient (Wildman–Crippen LogP) is 3.79. The lowest BCUT2D eigenvalue weighted by Gasteiger charge is -2.04. The summed E-state index contributed by atoms with van der Waals surface area (Å²) in [4.78, 5) is 8.64. The molecule has 0 saturated heterocycles. The van der Waals surface area contributed by atoms with Gasteiger partial charge in [0.05, 0.1) is 5.69 Å². The third-order valence-corrected chi connectivity index (χ3v) is 2.27. The summed E-state index contributed by atoms with van der Waals surface area (Å²) in [6.07, 6.45) is 5.17. The number of hydrogen-bond donors (Lipinski definition) is 0. The maximum Gasteiger partial charge on any atom is 0.128 e. The van der Waals surface area contributed by atoms with E-state index in [0.717, 1.165) is 23.6 Å². The molecular weight excluding hydrogens is 215 g/mol. The van der Waals surface area contributed by atoms with Crippen LogP contribution in [0.2, 0.25) is 0 Å². The Morgan fingerprint density at radius 1 is 1.41 bits per heavy atom. The maximum atomic E-state index is 12.9. The largest absolute Gasteiger partial charge is 0.238 e. The van der Waals surface area contributed by atoms with Crippen LogP contribution in [-0.2, 0) is 6.42 Å². The molecule has 0 bridgehead atoms. The van der Waals surface area contributed by atoms with Gasteiger partial charge in [0, 0.05) is 12.1 Å². The van der Waals surface area contributed by atoms with Gasteiger partial charge in [0.25, 0.3) is 0 Å². The molecule has 0 unspecified atom stereocenters. The summed E-state index contributed by atoms with van der Waals surface area (Å²) in [6.45, 7) is 9.43. The Kier molecular flexibility index (Phi) is 4.76. The minimum Gasteiger partial charge on any atom is -0.238 e. The Labute approximate surface area is 102 Å². The standard InChI is InChI=1S/C14H17FN2/c1-5-12(15)8-7-10(3)13-9-11(4)16-14(6-2)17-13/h5,7-9H,3,6H2,1-2,4H3/b8-7-,12-5+. The SMILES string of the molecule is C=C(/C=C\C(F)=C/C)c1cc(C)nc(CC)n1. The molecule has 1 rings (SSSR count). The van der Waals surface area contributed by atoms with Crippen LogP contribution in [0.25, 0.3) is 5.57 Å². The summed E-state index contributed by atoms with van der Waals surface area (Å²) in [6, 6.07) is 1.85. The highest BCUT2D eigenvalue weighted by atomic mass is 19.1. The fraction of sp³-hybridized carbons (Fsp3) is 0.286. The molecule has 17 heavy (non-hydrogen) atoms. The zero-order valence-electron chi connectivity index (χ0n) is 10.5. The zero-order chi connectivity index (χ0) is 12.8. The molecule has 0 spiro atoms. The predicted molar refractivity (Wildman–Crippen MR) is 69.2 cm³/mol. The van der Waals surface area contributed by atoms with Crippen LogP contribution in [0.5, 0.6) is 0 Å². The normalized spacial score (nSPS) is 12.1. The van der Waals surface area contributed by atoms with Crippen molar-refractivity contribution < 1.29 is 4.39 Å². The molecule has 1 aromatic heterocycles. The lowest BCUT2D eigenvalue weighted by Crippen LogP contribution is -1.98. The first kappa shape index (κ1) is 13.3. The molecular formula is C14H17FN2. The van der Waals surface area contributed by atoms with Gasteiger partial charge in [-0.1, -0.05) is 25.7 Å². The first-order valence-electron chi connectivity index (χ1n) is 5.60. The number of aromatic nitrogens is 2. The van der Waals surface area contributed by atoms with Gasteiger partial charge < -0.3 is 0 Å². The first-order valence-corrected chi connectivity index (χ1v) is 5.60. The molecule has 2 nitrogen and oxygen atoms in total. The zero-order valence-corrected chi connectivity index (χ0v) is 10.5. The van der Waals surface area contributed by atoms with E-state index in [0.29, 0.717) is 5.57 Å². The van der Waals surface area contributed by atoms with Gasteiger partial charge in [-0.3, -0.25) is 0 Å². The van der Waals surface area contributed by atoms with Crippen LogP contribution in [0.15, 0.2) is 36.7 Å². The van der Waals surface area contributed by atoms with Gasteiger partial charge in [0.2, 0.25) is 0 Å². The van der Waals surface area contributed by atoms with Gasteiger partial charge in [-0.05, 0) is 31.6 Å². The molecule has 0 aliphatic heterocycles. The molecule has 0 aliphatic rings. The van der Waals surface area contributed by atoms with Gasteiger partial charge in [-0.15, -0.1) is 0 Å². The highest BCUT2D eigenvalue weighted by molar-refractivity contribution is 5.70. The fourth-order valence-corrected chi connectivity index (χ4v) is 1.31. The number of nitrogens with zero attached hydrogens (tertiary/aromatic N) is 2. The van der Waals surface area contributed by atoms with Gasteiger partial charge in [0.15, 0.2) is 0 Å². The van der Waals surface area contributed by atoms with Crippen LogP contribution in [0.3, 0.4) is 0 Å². The van der Waals surface area contributed by atoms with Crippen molar-refractivity contribution in [2.45, 2.75) is 27.2 Å². The van der Waals surface area contributed by atoms with E-state index in [9.17, 15) is 4.39 Å². The maximum absolute atomic E-state index is 12.9. The lowest BCUT2D eigenvalue weighted by atomic mass is 10.1. The van der Waals surface area contributed by atoms with E-state index in [1.165, 1.54) is 12.2 Å². The molecule has 0 atom stereocenters. The van der Waals surface area contributed by atoms with Crippen molar-refractivity contribution in [3.05, 3.63) is 53.9 Å². The number of rotatable bonds is 4. The van der Waals surface area contributed by atoms with Crippen molar-refractivity contribution in [2.24, 2.45) is 0 Å². The third kappa shape index (κ3) is 3.94. The highest BCUT2D eigenvalue weighted by Gasteiger charge is 2.02. The summed E-state index contributed by atoms with van der Waals surface area (Å²) in [5.74, 6) is 0.494. The van der Waals surface area contributed by atoms with Crippen molar-refractivity contribution in [2.75, 3.05) is 0 Å². The van der Waals surface area contributed by atoms with Gasteiger partial charge >= 0.3 is 0 Å². The van der Waals surface area contributed by atoms with E-state index in [1.54, 1.807) is 13.0 Å². The summed E-state index contributed by atoms with van der Waals surface area (Å²) in [5, 5.41) is 0. The van der Waals surface area contributed by atoms with E-state index in [-0.39, 0.29) is 5.83 Å². The summed E-state index contributed by atoms with van der Waals surface area (Å²) < 4.78 is 12.9. The van der Waals surface area contributed by atoms with Crippen LogP contribution >= 0.6 is 0 Å². The third-order valence-electron chi connectivity index (χ3n) is 2.27. The quantitative estimate of drug-likeness (QED) is 0.738. The molecule has 1 aromatic rings. The highest BCUT2D eigenvalue weighted by Crippen LogP contribution is 2.14. The average Bonchev–Trinajstić information content (AvgIpc) is 2.34. The van der Waals surface area contributed by atoms with Crippen molar-refractivity contribution in [1.82, 2.24) is 9.97 Å². The summed E-state index contributed by atoms with van der Waals surface area (Å²) in [5.41, 5.74) is 2.32. The Hall–Kier alpha value is -1.77. The van der Waals surface area contributed by atoms with Crippen molar-refractivity contribution in [1.29, 1.82) is 0 Å². The molecule has 0 aromatic carbocycles. The van der Waals surface area contributed by atoms with E-state index >= 15 is 0 Å². The molecule has 0 radical (unpaired) electrons. The van der Waals surface area contributed by atoms with Crippen LogP contribution in [-0.4, -0.2) is 9.97 Å². The molecule has 90 valence electrons. The summed E-state index contributed by atoms with van der Waals surface area (Å²) in [7, 11) is 0. The molecule has 0 N–H and O–H groups in total. The monoisotopic (exact) mass is 232 g/mol. The number of hydrogen-bond acceptors (Lipinski definition) is 2. The first-order chi connectivity index (χ1) is 8.06. The number of aryl methyl sites for hydroxylation is 2. The Morgan fingerprint density at radius 2 is 2.12 bits per heavy atom. The van der Waals surface area contributed by atoms with E-state index in [2.05, 4.69) is 16.5 Å². The van der Waals surface area contributed by atoms with E-state index in [4.69, 9.17) is 0 Å². The van der Waals surface area contributed by atoms with Crippen LogP contribution in [0, 0.1) is 6.92 Å². The minimum absolute atomic E-state index is 0.285. The summed E-state index contributed by atoms with van der Waals surface area (Å²) >= 11 is 0. The smallest absolute Gasteiger partial charge is 0.128 e. The van der Waals surface area contributed by atoms with Gasteiger partial charge in [0.1, 0.15) is 11.7 Å². The Bertz CT molecular complexity index is 473. The molecule has 1 heterocycles. The molecule has 0 amide bonds. The van der Waals surface area contributed by atoms with Crippen molar-refractivity contribution in [3.63, 3.8) is 0 Å². The second-order valence-corrected chi connectivity index (χ2v) is 3.70. The second kappa shape index (κ2) is 6.09. The van der Waals surface area contributed by atoms with Gasteiger partial charge in [-0.2, -0.15) is 0 Å². The van der Waals surface area contributed by atoms with Crippen LogP contribution < -0.4 is 0 Å². The van der Waals surface area contributed by atoms with Crippen LogP contribution in [0.4, 0.5) is 4.39 Å². The molecule has 0 fully saturated rings. The number of halogens is 1. The molecule has 3 heteroatoms. The minimum atomic E-state index is -0.285. The molecule has 0 saturated carbocycles. The van der Waals surface area contributed by atoms with Crippen LogP contribution in [0.1, 0.15) is 31.1 Å². The number of allylic oxidation sites excluding steroid dienone is 5. The fourth-order valence-electron chi connectivity index (χ4n) is 1.31. The van der Waals surface area contributed by atoms with Crippen molar-refractivity contribution >= 4 is 5.57 Å².